The van der Waals surface area contributed by atoms with Gasteiger partial charge < -0.3 is 9.88 Å². The molecule has 1 unspecified atom stereocenters. The van der Waals surface area contributed by atoms with Crippen molar-refractivity contribution in [3.63, 3.8) is 0 Å². The predicted octanol–water partition coefficient (Wildman–Crippen LogP) is 1.29. The second-order valence-corrected chi connectivity index (χ2v) is 6.59. The molecule has 3 heteroatoms. The number of rotatable bonds is 7. The van der Waals surface area contributed by atoms with Crippen LogP contribution in [0.5, 0.6) is 0 Å². The lowest BCUT2D eigenvalue weighted by Crippen LogP contribution is -2.35. The monoisotopic (exact) mass is 188 g/mol. The molecule has 0 aliphatic carbocycles. The van der Waals surface area contributed by atoms with Crippen molar-refractivity contribution in [1.82, 2.24) is 9.88 Å². The molecule has 0 amide bonds. The van der Waals surface area contributed by atoms with E-state index in [2.05, 4.69) is 37.8 Å². The SMILES string of the molecule is CCC[SiH](CCN(C)C)NCC. The van der Waals surface area contributed by atoms with Gasteiger partial charge in [0, 0.05) is 0 Å². The first kappa shape index (κ1) is 12.1. The zero-order valence-corrected chi connectivity index (χ0v) is 10.2. The highest BCUT2D eigenvalue weighted by Crippen LogP contribution is 2.00. The highest BCUT2D eigenvalue weighted by Gasteiger charge is 2.07. The van der Waals surface area contributed by atoms with E-state index in [1.54, 1.807) is 0 Å². The van der Waals surface area contributed by atoms with Crippen LogP contribution in [0.3, 0.4) is 0 Å². The van der Waals surface area contributed by atoms with Crippen molar-refractivity contribution in [1.29, 1.82) is 0 Å². The molecule has 0 saturated heterocycles. The van der Waals surface area contributed by atoms with E-state index in [1.807, 2.05) is 0 Å². The Bertz CT molecular complexity index is 90.5. The summed E-state index contributed by atoms with van der Waals surface area (Å²) in [5.41, 5.74) is 0. The molecule has 0 fully saturated rings. The third-order valence-electron chi connectivity index (χ3n) is 2.05. The Morgan fingerprint density at radius 2 is 1.83 bits per heavy atom. The van der Waals surface area contributed by atoms with E-state index >= 15 is 0 Å². The molecular formula is C9H24N2Si. The molecule has 0 saturated carbocycles. The highest BCUT2D eigenvalue weighted by atomic mass is 28.3. The smallest absolute Gasteiger partial charge is 0.110 e. The standard InChI is InChI=1S/C9H24N2Si/c1-5-8-12(10-6-2)9-7-11(3)4/h10,12H,5-9H2,1-4H3. The van der Waals surface area contributed by atoms with E-state index in [0.717, 1.165) is 6.54 Å². The Morgan fingerprint density at radius 1 is 1.17 bits per heavy atom. The second kappa shape index (κ2) is 7.77. The van der Waals surface area contributed by atoms with Crippen LogP contribution in [0.4, 0.5) is 0 Å². The van der Waals surface area contributed by atoms with Crippen molar-refractivity contribution < 1.29 is 0 Å². The van der Waals surface area contributed by atoms with Crippen molar-refractivity contribution in [3.05, 3.63) is 0 Å². The number of hydrogen-bond donors (Lipinski definition) is 1. The minimum Gasteiger partial charge on any atom is -0.340 e. The lowest BCUT2D eigenvalue weighted by molar-refractivity contribution is 0.431. The average molecular weight is 188 g/mol. The molecule has 0 heterocycles. The Hall–Kier alpha value is 0.137. The fourth-order valence-corrected chi connectivity index (χ4v) is 4.20. The van der Waals surface area contributed by atoms with E-state index in [4.69, 9.17) is 0 Å². The van der Waals surface area contributed by atoms with Gasteiger partial charge in [-0.1, -0.05) is 20.3 Å². The molecule has 1 N–H and O–H groups in total. The Kier molecular flexibility index (Phi) is 7.86. The predicted molar refractivity (Wildman–Crippen MR) is 59.3 cm³/mol. The summed E-state index contributed by atoms with van der Waals surface area (Å²) in [6.45, 7) is 6.91. The van der Waals surface area contributed by atoms with Crippen LogP contribution in [0.1, 0.15) is 20.3 Å². The fraction of sp³-hybridized carbons (Fsp3) is 1.00. The number of hydrogen-bond acceptors (Lipinski definition) is 2. The van der Waals surface area contributed by atoms with Gasteiger partial charge in [0.25, 0.3) is 0 Å². The van der Waals surface area contributed by atoms with Gasteiger partial charge in [-0.3, -0.25) is 0 Å². The first-order valence-corrected chi connectivity index (χ1v) is 7.29. The Balaban J connectivity index is 3.48. The highest BCUT2D eigenvalue weighted by molar-refractivity contribution is 6.56. The minimum atomic E-state index is -0.582. The molecule has 0 aliphatic rings. The molecule has 0 aromatic heterocycles. The van der Waals surface area contributed by atoms with Gasteiger partial charge >= 0.3 is 0 Å². The minimum absolute atomic E-state index is 0.582. The summed E-state index contributed by atoms with van der Waals surface area (Å²) in [7, 11) is 3.73. The van der Waals surface area contributed by atoms with Crippen molar-refractivity contribution >= 4 is 8.96 Å². The molecule has 0 aromatic carbocycles. The van der Waals surface area contributed by atoms with E-state index < -0.39 is 8.96 Å². The molecule has 0 spiro atoms. The molecule has 12 heavy (non-hydrogen) atoms. The first-order chi connectivity index (χ1) is 5.70. The summed E-state index contributed by atoms with van der Waals surface area (Å²) in [5, 5.41) is 0. The van der Waals surface area contributed by atoms with Gasteiger partial charge in [0.05, 0.1) is 0 Å². The molecular weight excluding hydrogens is 164 g/mol. The van der Waals surface area contributed by atoms with Crippen LogP contribution in [0.25, 0.3) is 0 Å². The summed E-state index contributed by atoms with van der Waals surface area (Å²) >= 11 is 0. The van der Waals surface area contributed by atoms with Crippen LogP contribution < -0.4 is 4.98 Å². The van der Waals surface area contributed by atoms with Crippen molar-refractivity contribution in [2.45, 2.75) is 32.4 Å². The summed E-state index contributed by atoms with van der Waals surface area (Å²) in [4.78, 5) is 5.94. The zero-order valence-electron chi connectivity index (χ0n) is 9.06. The maximum Gasteiger partial charge on any atom is 0.110 e. The van der Waals surface area contributed by atoms with E-state index in [9.17, 15) is 0 Å². The second-order valence-electron chi connectivity index (χ2n) is 3.64. The number of nitrogens with zero attached hydrogens (tertiary/aromatic N) is 1. The summed E-state index contributed by atoms with van der Waals surface area (Å²) < 4.78 is 0. The van der Waals surface area contributed by atoms with Gasteiger partial charge in [-0.25, -0.2) is 0 Å². The average Bonchev–Trinajstić information content (AvgIpc) is 2.01. The third kappa shape index (κ3) is 6.82. The topological polar surface area (TPSA) is 15.3 Å². The van der Waals surface area contributed by atoms with Gasteiger partial charge in [-0.2, -0.15) is 0 Å². The molecule has 1 atom stereocenters. The first-order valence-electron chi connectivity index (χ1n) is 5.08. The van der Waals surface area contributed by atoms with Crippen LogP contribution in [0.15, 0.2) is 0 Å². The molecule has 0 radical (unpaired) electrons. The Morgan fingerprint density at radius 3 is 2.25 bits per heavy atom. The van der Waals surface area contributed by atoms with E-state index in [1.165, 1.54) is 25.1 Å². The van der Waals surface area contributed by atoms with E-state index in [0.29, 0.717) is 0 Å². The normalized spacial score (nSPS) is 13.8. The van der Waals surface area contributed by atoms with Gasteiger partial charge in [0.1, 0.15) is 8.96 Å². The number of nitrogens with one attached hydrogen (secondary N) is 1. The summed E-state index contributed by atoms with van der Waals surface area (Å²) in [6, 6.07) is 2.86. The van der Waals surface area contributed by atoms with Crippen molar-refractivity contribution in [3.8, 4) is 0 Å². The largest absolute Gasteiger partial charge is 0.340 e. The fourth-order valence-electron chi connectivity index (χ4n) is 1.40. The quantitative estimate of drug-likeness (QED) is 0.606. The Labute approximate surface area is 79.0 Å². The summed E-state index contributed by atoms with van der Waals surface area (Å²) in [6.07, 6.45) is 1.34. The summed E-state index contributed by atoms with van der Waals surface area (Å²) in [5.74, 6) is 0. The molecule has 0 aliphatic heterocycles. The molecule has 2 nitrogen and oxygen atoms in total. The van der Waals surface area contributed by atoms with Crippen LogP contribution >= 0.6 is 0 Å². The van der Waals surface area contributed by atoms with Crippen LogP contribution in [-0.4, -0.2) is 41.0 Å². The van der Waals surface area contributed by atoms with Crippen LogP contribution in [0, 0.1) is 0 Å². The lowest BCUT2D eigenvalue weighted by Gasteiger charge is -2.17. The van der Waals surface area contributed by atoms with Gasteiger partial charge in [0.15, 0.2) is 0 Å². The van der Waals surface area contributed by atoms with Crippen molar-refractivity contribution in [2.75, 3.05) is 27.2 Å². The molecule has 74 valence electrons. The van der Waals surface area contributed by atoms with Gasteiger partial charge in [-0.15, -0.1) is 0 Å². The lowest BCUT2D eigenvalue weighted by atomic mass is 10.6. The van der Waals surface area contributed by atoms with Gasteiger partial charge in [-0.05, 0) is 39.3 Å². The van der Waals surface area contributed by atoms with Crippen LogP contribution in [0.2, 0.25) is 12.1 Å². The maximum absolute atomic E-state index is 3.65. The van der Waals surface area contributed by atoms with E-state index in [-0.39, 0.29) is 0 Å². The molecule has 0 bridgehead atoms. The third-order valence-corrected chi connectivity index (χ3v) is 5.27. The molecule has 0 rings (SSSR count). The molecule has 0 aromatic rings. The van der Waals surface area contributed by atoms with Crippen LogP contribution in [-0.2, 0) is 0 Å². The maximum atomic E-state index is 3.65. The van der Waals surface area contributed by atoms with Gasteiger partial charge in [0.2, 0.25) is 0 Å². The van der Waals surface area contributed by atoms with Crippen molar-refractivity contribution in [2.24, 2.45) is 0 Å². The zero-order chi connectivity index (χ0) is 9.40.